The van der Waals surface area contributed by atoms with Gasteiger partial charge in [-0.15, -0.1) is 0 Å². The van der Waals surface area contributed by atoms with E-state index in [0.29, 0.717) is 30.8 Å². The highest BCUT2D eigenvalue weighted by Gasteiger charge is 2.33. The van der Waals surface area contributed by atoms with Crippen LogP contribution >= 0.6 is 0 Å². The van der Waals surface area contributed by atoms with Gasteiger partial charge in [-0.3, -0.25) is 4.79 Å². The van der Waals surface area contributed by atoms with Crippen LogP contribution in [0.25, 0.3) is 0 Å². The summed E-state index contributed by atoms with van der Waals surface area (Å²) < 4.78 is 27.0. The fourth-order valence-electron chi connectivity index (χ4n) is 3.19. The molecule has 2 aromatic rings. The Bertz CT molecular complexity index is 962. The molecule has 3 amide bonds. The summed E-state index contributed by atoms with van der Waals surface area (Å²) in [6.07, 6.45) is 1.25. The third-order valence-electron chi connectivity index (χ3n) is 4.77. The number of amides is 3. The van der Waals surface area contributed by atoms with Crippen molar-refractivity contribution in [3.8, 4) is 0 Å². The summed E-state index contributed by atoms with van der Waals surface area (Å²) >= 11 is 0. The Morgan fingerprint density at radius 3 is 2.21 bits per heavy atom. The van der Waals surface area contributed by atoms with E-state index in [4.69, 9.17) is 0 Å². The number of benzene rings is 2. The number of hydrogen-bond acceptors (Lipinski definition) is 4. The Kier molecular flexibility index (Phi) is 6.50. The van der Waals surface area contributed by atoms with Gasteiger partial charge >= 0.3 is 6.03 Å². The summed E-state index contributed by atoms with van der Waals surface area (Å²) in [5.74, 6) is -0.643. The number of urea groups is 1. The molecule has 0 bridgehead atoms. The van der Waals surface area contributed by atoms with E-state index in [0.717, 1.165) is 0 Å². The highest BCUT2D eigenvalue weighted by Crippen LogP contribution is 2.25. The number of nitrogens with zero attached hydrogens (tertiary/aromatic N) is 1. The lowest BCUT2D eigenvalue weighted by molar-refractivity contribution is -0.120. The minimum Gasteiger partial charge on any atom is -0.341 e. The molecule has 1 heterocycles. The average molecular weight is 417 g/mol. The fourth-order valence-corrected chi connectivity index (χ4v) is 4.74. The number of carbonyl (C=O) groups excluding carboxylic acids is 2. The van der Waals surface area contributed by atoms with Crippen LogP contribution in [0, 0.1) is 5.92 Å². The molecule has 3 N–H and O–H groups in total. The molecule has 1 unspecified atom stereocenters. The van der Waals surface area contributed by atoms with E-state index >= 15 is 0 Å². The maximum atomic E-state index is 12.8. The molecule has 2 aromatic carbocycles. The molecular formula is C20H24N4O4S. The zero-order chi connectivity index (χ0) is 20.9. The van der Waals surface area contributed by atoms with Crippen molar-refractivity contribution in [2.45, 2.75) is 17.7 Å². The number of sulfonamides is 1. The van der Waals surface area contributed by atoms with Gasteiger partial charge in [0.1, 0.15) is 0 Å². The van der Waals surface area contributed by atoms with E-state index in [9.17, 15) is 18.0 Å². The summed E-state index contributed by atoms with van der Waals surface area (Å²) in [5, 5.41) is 7.92. The van der Waals surface area contributed by atoms with Gasteiger partial charge in [-0.1, -0.05) is 18.2 Å². The SMILES string of the molecule is CNC(=O)Nc1ccc(NC(=O)C2CCCN(S(=O)(=O)c3ccccc3)C2)cc1. The number of piperidine rings is 1. The summed E-state index contributed by atoms with van der Waals surface area (Å²) in [4.78, 5) is 24.2. The van der Waals surface area contributed by atoms with Crippen LogP contribution in [-0.4, -0.2) is 44.8 Å². The predicted octanol–water partition coefficient (Wildman–Crippen LogP) is 2.48. The number of nitrogens with one attached hydrogen (secondary N) is 3. The fraction of sp³-hybridized carbons (Fsp3) is 0.300. The van der Waals surface area contributed by atoms with E-state index in [2.05, 4.69) is 16.0 Å². The number of rotatable bonds is 5. The lowest BCUT2D eigenvalue weighted by atomic mass is 9.98. The van der Waals surface area contributed by atoms with Crippen LogP contribution in [0.15, 0.2) is 59.5 Å². The summed E-state index contributed by atoms with van der Waals surface area (Å²) in [6, 6.07) is 14.7. The highest BCUT2D eigenvalue weighted by atomic mass is 32.2. The van der Waals surface area contributed by atoms with Crippen molar-refractivity contribution in [2.75, 3.05) is 30.8 Å². The first-order chi connectivity index (χ1) is 13.9. The molecular weight excluding hydrogens is 392 g/mol. The molecule has 154 valence electrons. The van der Waals surface area contributed by atoms with Crippen molar-refractivity contribution in [1.82, 2.24) is 9.62 Å². The van der Waals surface area contributed by atoms with Gasteiger partial charge in [0.05, 0.1) is 10.8 Å². The molecule has 8 nitrogen and oxygen atoms in total. The van der Waals surface area contributed by atoms with Crippen LogP contribution in [0.4, 0.5) is 16.2 Å². The van der Waals surface area contributed by atoms with E-state index in [1.54, 1.807) is 54.6 Å². The lowest BCUT2D eigenvalue weighted by Gasteiger charge is -2.31. The van der Waals surface area contributed by atoms with Crippen LogP contribution in [0.5, 0.6) is 0 Å². The molecule has 0 aromatic heterocycles. The molecule has 0 aliphatic carbocycles. The van der Waals surface area contributed by atoms with Crippen molar-refractivity contribution in [2.24, 2.45) is 5.92 Å². The summed E-state index contributed by atoms with van der Waals surface area (Å²) in [5.41, 5.74) is 1.18. The van der Waals surface area contributed by atoms with Crippen LogP contribution in [0.1, 0.15) is 12.8 Å². The van der Waals surface area contributed by atoms with Gasteiger partial charge in [-0.2, -0.15) is 4.31 Å². The van der Waals surface area contributed by atoms with Gasteiger partial charge in [0.15, 0.2) is 0 Å². The standard InChI is InChI=1S/C20H24N4O4S/c1-21-20(26)23-17-11-9-16(10-12-17)22-19(25)15-6-5-13-24(14-15)29(27,28)18-7-3-2-4-8-18/h2-4,7-12,15H,5-6,13-14H2,1H3,(H,22,25)(H2,21,23,26). The van der Waals surface area contributed by atoms with Crippen LogP contribution in [0.2, 0.25) is 0 Å². The van der Waals surface area contributed by atoms with Crippen LogP contribution in [0.3, 0.4) is 0 Å². The second-order valence-corrected chi connectivity index (χ2v) is 8.72. The Morgan fingerprint density at radius 1 is 0.966 bits per heavy atom. The Balaban J connectivity index is 1.63. The van der Waals surface area contributed by atoms with E-state index in [1.165, 1.54) is 11.4 Å². The van der Waals surface area contributed by atoms with Crippen molar-refractivity contribution in [1.29, 1.82) is 0 Å². The molecule has 29 heavy (non-hydrogen) atoms. The Labute approximate surface area is 170 Å². The molecule has 1 aliphatic rings. The topological polar surface area (TPSA) is 108 Å². The monoisotopic (exact) mass is 416 g/mol. The van der Waals surface area contributed by atoms with Gasteiger partial charge in [0.2, 0.25) is 15.9 Å². The summed E-state index contributed by atoms with van der Waals surface area (Å²) in [6.45, 7) is 0.556. The normalized spacial score (nSPS) is 17.3. The molecule has 0 saturated carbocycles. The third-order valence-corrected chi connectivity index (χ3v) is 6.65. The van der Waals surface area contributed by atoms with Crippen molar-refractivity contribution in [3.63, 3.8) is 0 Å². The minimum atomic E-state index is -3.61. The third kappa shape index (κ3) is 5.12. The van der Waals surface area contributed by atoms with Gasteiger partial charge in [-0.05, 0) is 49.2 Å². The minimum absolute atomic E-state index is 0.152. The largest absolute Gasteiger partial charge is 0.341 e. The molecule has 1 saturated heterocycles. The maximum absolute atomic E-state index is 12.8. The second kappa shape index (κ2) is 9.06. The first-order valence-electron chi connectivity index (χ1n) is 9.35. The number of carbonyl (C=O) groups is 2. The smallest absolute Gasteiger partial charge is 0.318 e. The first-order valence-corrected chi connectivity index (χ1v) is 10.8. The Hall–Kier alpha value is -2.91. The van der Waals surface area contributed by atoms with Gasteiger partial charge in [0.25, 0.3) is 0 Å². The maximum Gasteiger partial charge on any atom is 0.318 e. The van der Waals surface area contributed by atoms with Gasteiger partial charge < -0.3 is 16.0 Å². The second-order valence-electron chi connectivity index (χ2n) is 6.79. The predicted molar refractivity (Wildman–Crippen MR) is 111 cm³/mol. The molecule has 0 radical (unpaired) electrons. The molecule has 1 fully saturated rings. The van der Waals surface area contributed by atoms with E-state index < -0.39 is 15.9 Å². The zero-order valence-electron chi connectivity index (χ0n) is 16.1. The quantitative estimate of drug-likeness (QED) is 0.696. The van der Waals surface area contributed by atoms with Crippen molar-refractivity contribution in [3.05, 3.63) is 54.6 Å². The highest BCUT2D eigenvalue weighted by molar-refractivity contribution is 7.89. The van der Waals surface area contributed by atoms with Crippen molar-refractivity contribution < 1.29 is 18.0 Å². The van der Waals surface area contributed by atoms with E-state index in [-0.39, 0.29) is 23.4 Å². The summed E-state index contributed by atoms with van der Waals surface area (Å²) in [7, 11) is -2.09. The molecule has 0 spiro atoms. The lowest BCUT2D eigenvalue weighted by Crippen LogP contribution is -2.43. The van der Waals surface area contributed by atoms with Gasteiger partial charge in [-0.25, -0.2) is 13.2 Å². The van der Waals surface area contributed by atoms with Crippen molar-refractivity contribution >= 4 is 33.3 Å². The molecule has 1 atom stereocenters. The average Bonchev–Trinajstić information content (AvgIpc) is 2.75. The zero-order valence-corrected chi connectivity index (χ0v) is 16.9. The first kappa shape index (κ1) is 20.8. The molecule has 3 rings (SSSR count). The number of hydrogen-bond donors (Lipinski definition) is 3. The van der Waals surface area contributed by atoms with Crippen LogP contribution < -0.4 is 16.0 Å². The van der Waals surface area contributed by atoms with Gasteiger partial charge in [0, 0.05) is 31.5 Å². The number of anilines is 2. The molecule has 9 heteroatoms. The van der Waals surface area contributed by atoms with E-state index in [1.807, 2.05) is 0 Å². The van der Waals surface area contributed by atoms with Crippen LogP contribution in [-0.2, 0) is 14.8 Å². The molecule has 1 aliphatic heterocycles. The Morgan fingerprint density at radius 2 is 1.59 bits per heavy atom.